The number of aliphatic carboxylic acids is 1. The van der Waals surface area contributed by atoms with Crippen LogP contribution < -0.4 is 0 Å². The van der Waals surface area contributed by atoms with Crippen molar-refractivity contribution in [1.82, 2.24) is 9.80 Å². The maximum Gasteiger partial charge on any atom is 0.319 e. The molecule has 0 aromatic heterocycles. The van der Waals surface area contributed by atoms with Crippen LogP contribution in [0, 0.1) is 5.41 Å². The van der Waals surface area contributed by atoms with E-state index in [1.165, 1.54) is 6.42 Å². The summed E-state index contributed by atoms with van der Waals surface area (Å²) in [6.45, 7) is 4.87. The molecule has 1 atom stereocenters. The number of likely N-dealkylation sites (N-methyl/N-ethyl adjacent to an activating group) is 2. The van der Waals surface area contributed by atoms with E-state index in [9.17, 15) is 9.59 Å². The second-order valence-corrected chi connectivity index (χ2v) is 5.50. The van der Waals surface area contributed by atoms with Crippen molar-refractivity contribution in [2.75, 3.05) is 26.7 Å². The van der Waals surface area contributed by atoms with Gasteiger partial charge in [0.15, 0.2) is 0 Å². The minimum absolute atomic E-state index is 0.210. The van der Waals surface area contributed by atoms with Crippen LogP contribution in [-0.4, -0.2) is 59.5 Å². The minimum Gasteiger partial charge on any atom is -0.480 e. The summed E-state index contributed by atoms with van der Waals surface area (Å²) >= 11 is 0. The van der Waals surface area contributed by atoms with Crippen LogP contribution in [0.4, 0.5) is 0 Å². The molecule has 102 valence electrons. The van der Waals surface area contributed by atoms with Gasteiger partial charge in [0.25, 0.3) is 0 Å². The molecule has 0 bridgehead atoms. The van der Waals surface area contributed by atoms with E-state index in [0.29, 0.717) is 25.4 Å². The molecule has 0 aromatic rings. The van der Waals surface area contributed by atoms with Crippen molar-refractivity contribution in [3.8, 4) is 0 Å². The zero-order chi connectivity index (χ0) is 13.3. The molecule has 2 rings (SSSR count). The fraction of sp³-hybridized carbons (Fsp3) is 0.846. The van der Waals surface area contributed by atoms with Crippen molar-refractivity contribution >= 4 is 11.9 Å². The van der Waals surface area contributed by atoms with E-state index in [2.05, 4.69) is 11.8 Å². The largest absolute Gasteiger partial charge is 0.480 e. The van der Waals surface area contributed by atoms with Gasteiger partial charge in [-0.25, -0.2) is 0 Å². The van der Waals surface area contributed by atoms with Crippen LogP contribution in [0.1, 0.15) is 32.6 Å². The van der Waals surface area contributed by atoms with Crippen molar-refractivity contribution in [2.45, 2.75) is 38.6 Å². The van der Waals surface area contributed by atoms with E-state index in [-0.39, 0.29) is 5.91 Å². The molecule has 18 heavy (non-hydrogen) atoms. The van der Waals surface area contributed by atoms with Gasteiger partial charge >= 0.3 is 5.97 Å². The van der Waals surface area contributed by atoms with Gasteiger partial charge in [0.2, 0.25) is 5.91 Å². The summed E-state index contributed by atoms with van der Waals surface area (Å²) in [6.07, 6.45) is 3.26. The molecular formula is C13H22N2O3. The van der Waals surface area contributed by atoms with Crippen LogP contribution in [0.5, 0.6) is 0 Å². The van der Waals surface area contributed by atoms with Crippen LogP contribution in [0.3, 0.4) is 0 Å². The summed E-state index contributed by atoms with van der Waals surface area (Å²) < 4.78 is 0. The Balaban J connectivity index is 1.94. The SMILES string of the molecule is CCN1CCCC1CN(C)C(=O)C1(C(=O)O)CC1. The topological polar surface area (TPSA) is 60.9 Å². The molecule has 0 spiro atoms. The highest BCUT2D eigenvalue weighted by atomic mass is 16.4. The standard InChI is InChI=1S/C13H22N2O3/c1-3-15-8-4-5-10(15)9-14(2)11(16)13(6-7-13)12(17)18/h10H,3-9H2,1-2H3,(H,17,18). The molecule has 1 N–H and O–H groups in total. The highest BCUT2D eigenvalue weighted by Crippen LogP contribution is 2.47. The van der Waals surface area contributed by atoms with Gasteiger partial charge < -0.3 is 10.0 Å². The lowest BCUT2D eigenvalue weighted by Gasteiger charge is -2.29. The average Bonchev–Trinajstić information content (AvgIpc) is 3.04. The third-order valence-electron chi connectivity index (χ3n) is 4.31. The first-order valence-electron chi connectivity index (χ1n) is 6.74. The first-order chi connectivity index (χ1) is 8.51. The second-order valence-electron chi connectivity index (χ2n) is 5.50. The highest BCUT2D eigenvalue weighted by molar-refractivity contribution is 6.04. The molecule has 1 amide bonds. The third kappa shape index (κ3) is 2.23. The Bertz CT molecular complexity index is 352. The van der Waals surface area contributed by atoms with Gasteiger partial charge in [0.1, 0.15) is 5.41 Å². The van der Waals surface area contributed by atoms with Crippen molar-refractivity contribution in [1.29, 1.82) is 0 Å². The molecule has 1 unspecified atom stereocenters. The number of hydrogen-bond acceptors (Lipinski definition) is 3. The third-order valence-corrected chi connectivity index (χ3v) is 4.31. The number of likely N-dealkylation sites (tertiary alicyclic amines) is 1. The minimum atomic E-state index is -1.09. The summed E-state index contributed by atoms with van der Waals surface area (Å²) in [4.78, 5) is 27.3. The molecule has 1 heterocycles. The zero-order valence-corrected chi connectivity index (χ0v) is 11.2. The lowest BCUT2D eigenvalue weighted by Crippen LogP contribution is -2.45. The summed E-state index contributed by atoms with van der Waals surface area (Å²) in [6, 6.07) is 0.397. The normalized spacial score (nSPS) is 26.0. The molecule has 1 saturated carbocycles. The van der Waals surface area contributed by atoms with Crippen LogP contribution in [0.15, 0.2) is 0 Å². The Morgan fingerprint density at radius 1 is 1.44 bits per heavy atom. The molecule has 2 aliphatic rings. The first kappa shape index (κ1) is 13.3. The van der Waals surface area contributed by atoms with Gasteiger partial charge in [0, 0.05) is 19.6 Å². The average molecular weight is 254 g/mol. The first-order valence-corrected chi connectivity index (χ1v) is 6.74. The number of carboxylic acids is 1. The number of carboxylic acid groups (broad SMARTS) is 1. The van der Waals surface area contributed by atoms with Crippen molar-refractivity contribution < 1.29 is 14.7 Å². The van der Waals surface area contributed by atoms with E-state index in [1.807, 2.05) is 0 Å². The van der Waals surface area contributed by atoms with Crippen LogP contribution in [-0.2, 0) is 9.59 Å². The molecule has 5 nitrogen and oxygen atoms in total. The zero-order valence-electron chi connectivity index (χ0n) is 11.2. The van der Waals surface area contributed by atoms with Gasteiger partial charge in [-0.15, -0.1) is 0 Å². The van der Waals surface area contributed by atoms with E-state index in [1.54, 1.807) is 11.9 Å². The number of amides is 1. The summed E-state index contributed by atoms with van der Waals surface area (Å²) in [5.74, 6) is -1.17. The quantitative estimate of drug-likeness (QED) is 0.737. The number of rotatable bonds is 5. The predicted octanol–water partition coefficient (Wildman–Crippen LogP) is 0.794. The summed E-state index contributed by atoms with van der Waals surface area (Å²) in [5.41, 5.74) is -1.09. The molecule has 1 aliphatic carbocycles. The van der Waals surface area contributed by atoms with Gasteiger partial charge in [-0.2, -0.15) is 0 Å². The fourth-order valence-corrected chi connectivity index (χ4v) is 2.93. The van der Waals surface area contributed by atoms with Crippen LogP contribution in [0.25, 0.3) is 0 Å². The van der Waals surface area contributed by atoms with Crippen LogP contribution in [0.2, 0.25) is 0 Å². The molecular weight excluding hydrogens is 232 g/mol. The number of carbonyl (C=O) groups is 2. The van der Waals surface area contributed by atoms with Gasteiger partial charge in [-0.1, -0.05) is 6.92 Å². The maximum absolute atomic E-state index is 12.2. The molecule has 2 fully saturated rings. The van der Waals surface area contributed by atoms with Crippen molar-refractivity contribution in [3.05, 3.63) is 0 Å². The van der Waals surface area contributed by atoms with Gasteiger partial charge in [0.05, 0.1) is 0 Å². The molecule has 5 heteroatoms. The Labute approximate surface area is 108 Å². The molecule has 1 aliphatic heterocycles. The van der Waals surface area contributed by atoms with Gasteiger partial charge in [-0.05, 0) is 38.8 Å². The second kappa shape index (κ2) is 4.88. The molecule has 0 radical (unpaired) electrons. The Morgan fingerprint density at radius 2 is 2.11 bits per heavy atom. The Kier molecular flexibility index (Phi) is 3.61. The number of nitrogens with zero attached hydrogens (tertiary/aromatic N) is 2. The smallest absolute Gasteiger partial charge is 0.319 e. The Morgan fingerprint density at radius 3 is 2.61 bits per heavy atom. The highest BCUT2D eigenvalue weighted by Gasteiger charge is 2.58. The van der Waals surface area contributed by atoms with Crippen molar-refractivity contribution in [3.63, 3.8) is 0 Å². The fourth-order valence-electron chi connectivity index (χ4n) is 2.93. The van der Waals surface area contributed by atoms with E-state index < -0.39 is 11.4 Å². The lowest BCUT2D eigenvalue weighted by molar-refractivity contribution is -0.153. The molecule has 0 aromatic carbocycles. The van der Waals surface area contributed by atoms with Gasteiger partial charge in [-0.3, -0.25) is 14.5 Å². The monoisotopic (exact) mass is 254 g/mol. The molecule has 1 saturated heterocycles. The number of hydrogen-bond donors (Lipinski definition) is 1. The van der Waals surface area contributed by atoms with Crippen LogP contribution >= 0.6 is 0 Å². The lowest BCUT2D eigenvalue weighted by atomic mass is 10.1. The number of carbonyl (C=O) groups excluding carboxylic acids is 1. The Hall–Kier alpha value is -1.10. The van der Waals surface area contributed by atoms with E-state index in [0.717, 1.165) is 19.5 Å². The van der Waals surface area contributed by atoms with Crippen molar-refractivity contribution in [2.24, 2.45) is 5.41 Å². The maximum atomic E-state index is 12.2. The predicted molar refractivity (Wildman–Crippen MR) is 67.2 cm³/mol. The summed E-state index contributed by atoms with van der Waals surface area (Å²) in [7, 11) is 1.73. The van der Waals surface area contributed by atoms with E-state index in [4.69, 9.17) is 5.11 Å². The summed E-state index contributed by atoms with van der Waals surface area (Å²) in [5, 5.41) is 9.12. The van der Waals surface area contributed by atoms with E-state index >= 15 is 0 Å².